The van der Waals surface area contributed by atoms with Crippen LogP contribution in [0.3, 0.4) is 0 Å². The summed E-state index contributed by atoms with van der Waals surface area (Å²) in [6, 6.07) is 5.31. The summed E-state index contributed by atoms with van der Waals surface area (Å²) in [5, 5.41) is 0. The Kier molecular flexibility index (Phi) is 3.96. The Morgan fingerprint density at radius 2 is 2.05 bits per heavy atom. The van der Waals surface area contributed by atoms with Crippen molar-refractivity contribution in [3.05, 3.63) is 29.3 Å². The first-order valence-corrected chi connectivity index (χ1v) is 8.45. The van der Waals surface area contributed by atoms with Crippen LogP contribution in [0, 0.1) is 6.92 Å². The van der Waals surface area contributed by atoms with Crippen molar-refractivity contribution in [1.82, 2.24) is 4.31 Å². The molecule has 1 aliphatic rings. The average Bonchev–Trinajstić information content (AvgIpc) is 2.69. The number of rotatable bonds is 3. The smallest absolute Gasteiger partial charge is 0.207 e. The molecule has 0 aromatic heterocycles. The predicted octanol–water partition coefficient (Wildman–Crippen LogP) is 3.30. The highest BCUT2D eigenvalue weighted by atomic mass is 35.5. The van der Waals surface area contributed by atoms with Crippen LogP contribution in [0.4, 0.5) is 0 Å². The van der Waals surface area contributed by atoms with Crippen LogP contribution in [-0.2, 0) is 15.9 Å². The lowest BCUT2D eigenvalue weighted by Crippen LogP contribution is -2.42. The van der Waals surface area contributed by atoms with E-state index in [1.54, 1.807) is 16.4 Å². The monoisotopic (exact) mass is 301 g/mol. The number of alkyl halides is 1. The molecule has 1 aromatic carbocycles. The van der Waals surface area contributed by atoms with Crippen LogP contribution in [0.25, 0.3) is 0 Å². The lowest BCUT2D eigenvalue weighted by Gasteiger charge is -2.31. The standard InChI is InChI=1S/C14H20ClNO2S/c1-11-12(10-15)6-4-7-13(11)19(17,18)16-9-5-8-14(16,2)3/h4,6-7H,5,8-10H2,1-3H3. The first kappa shape index (κ1) is 14.8. The number of halogens is 1. The molecule has 1 fully saturated rings. The highest BCUT2D eigenvalue weighted by molar-refractivity contribution is 7.89. The molecule has 0 N–H and O–H groups in total. The molecule has 0 unspecified atom stereocenters. The Bertz CT molecular complexity index is 581. The molecule has 1 aromatic rings. The Labute approximate surface area is 120 Å². The topological polar surface area (TPSA) is 37.4 Å². The van der Waals surface area contributed by atoms with Gasteiger partial charge in [0.25, 0.3) is 0 Å². The SMILES string of the molecule is Cc1c(CCl)cccc1S(=O)(=O)N1CCCC1(C)C. The van der Waals surface area contributed by atoms with Crippen molar-refractivity contribution in [2.75, 3.05) is 6.54 Å². The van der Waals surface area contributed by atoms with E-state index in [1.165, 1.54) is 0 Å². The fourth-order valence-corrected chi connectivity index (χ4v) is 5.14. The second kappa shape index (κ2) is 5.08. The van der Waals surface area contributed by atoms with Gasteiger partial charge in [0.05, 0.1) is 4.90 Å². The zero-order valence-corrected chi connectivity index (χ0v) is 13.2. The molecule has 0 atom stereocenters. The van der Waals surface area contributed by atoms with Crippen LogP contribution in [0.2, 0.25) is 0 Å². The number of sulfonamides is 1. The largest absolute Gasteiger partial charge is 0.243 e. The molecule has 19 heavy (non-hydrogen) atoms. The van der Waals surface area contributed by atoms with Crippen molar-refractivity contribution >= 4 is 21.6 Å². The molecule has 1 saturated heterocycles. The van der Waals surface area contributed by atoms with E-state index in [4.69, 9.17) is 11.6 Å². The van der Waals surface area contributed by atoms with Crippen LogP contribution >= 0.6 is 11.6 Å². The Morgan fingerprint density at radius 1 is 1.37 bits per heavy atom. The van der Waals surface area contributed by atoms with E-state index < -0.39 is 10.0 Å². The third-order valence-corrected chi connectivity index (χ3v) is 6.48. The molecule has 5 heteroatoms. The van der Waals surface area contributed by atoms with E-state index >= 15 is 0 Å². The Hall–Kier alpha value is -0.580. The maximum atomic E-state index is 12.8. The predicted molar refractivity (Wildman–Crippen MR) is 77.9 cm³/mol. The lowest BCUT2D eigenvalue weighted by atomic mass is 10.0. The summed E-state index contributed by atoms with van der Waals surface area (Å²) in [4.78, 5) is 0.389. The van der Waals surface area contributed by atoms with Crippen molar-refractivity contribution in [3.63, 3.8) is 0 Å². The van der Waals surface area contributed by atoms with Gasteiger partial charge in [0, 0.05) is 18.0 Å². The van der Waals surface area contributed by atoms with Gasteiger partial charge in [-0.1, -0.05) is 12.1 Å². The molecule has 0 spiro atoms. The quantitative estimate of drug-likeness (QED) is 0.803. The molecule has 0 saturated carbocycles. The number of hydrogen-bond donors (Lipinski definition) is 0. The van der Waals surface area contributed by atoms with Gasteiger partial charge in [-0.05, 0) is 50.8 Å². The molecule has 106 valence electrons. The fraction of sp³-hybridized carbons (Fsp3) is 0.571. The molecule has 1 aliphatic heterocycles. The summed E-state index contributed by atoms with van der Waals surface area (Å²) in [7, 11) is -3.43. The minimum Gasteiger partial charge on any atom is -0.207 e. The second-order valence-corrected chi connectivity index (χ2v) is 7.77. The summed E-state index contributed by atoms with van der Waals surface area (Å²) < 4.78 is 27.3. The maximum Gasteiger partial charge on any atom is 0.243 e. The molecule has 2 rings (SSSR count). The normalized spacial score (nSPS) is 19.8. The summed E-state index contributed by atoms with van der Waals surface area (Å²) in [5.74, 6) is 0.332. The van der Waals surface area contributed by atoms with Gasteiger partial charge in [-0.2, -0.15) is 4.31 Å². The molecule has 1 heterocycles. The van der Waals surface area contributed by atoms with E-state index in [0.29, 0.717) is 17.3 Å². The van der Waals surface area contributed by atoms with Crippen molar-refractivity contribution in [2.24, 2.45) is 0 Å². The van der Waals surface area contributed by atoms with Gasteiger partial charge in [0.15, 0.2) is 0 Å². The van der Waals surface area contributed by atoms with Gasteiger partial charge in [0.2, 0.25) is 10.0 Å². The van der Waals surface area contributed by atoms with Crippen LogP contribution < -0.4 is 0 Å². The summed E-state index contributed by atoms with van der Waals surface area (Å²) >= 11 is 5.86. The first-order valence-electron chi connectivity index (χ1n) is 6.48. The van der Waals surface area contributed by atoms with Crippen molar-refractivity contribution < 1.29 is 8.42 Å². The molecular formula is C14H20ClNO2S. The number of hydrogen-bond acceptors (Lipinski definition) is 2. The molecule has 0 amide bonds. The lowest BCUT2D eigenvalue weighted by molar-refractivity contribution is 0.291. The Morgan fingerprint density at radius 3 is 2.58 bits per heavy atom. The third kappa shape index (κ3) is 2.54. The van der Waals surface area contributed by atoms with E-state index in [0.717, 1.165) is 24.0 Å². The Balaban J connectivity index is 2.52. The summed E-state index contributed by atoms with van der Waals surface area (Å²) in [6.45, 7) is 6.39. The summed E-state index contributed by atoms with van der Waals surface area (Å²) in [6.07, 6.45) is 1.82. The molecular weight excluding hydrogens is 282 g/mol. The zero-order chi connectivity index (χ0) is 14.3. The molecule has 0 bridgehead atoms. The maximum absolute atomic E-state index is 12.8. The van der Waals surface area contributed by atoms with Crippen molar-refractivity contribution in [2.45, 2.75) is 49.9 Å². The van der Waals surface area contributed by atoms with Gasteiger partial charge >= 0.3 is 0 Å². The van der Waals surface area contributed by atoms with Gasteiger partial charge in [-0.15, -0.1) is 11.6 Å². The van der Waals surface area contributed by atoms with E-state index in [9.17, 15) is 8.42 Å². The fourth-order valence-electron chi connectivity index (χ4n) is 2.73. The minimum atomic E-state index is -3.43. The van der Waals surface area contributed by atoms with Gasteiger partial charge in [-0.25, -0.2) is 8.42 Å². The van der Waals surface area contributed by atoms with E-state index in [2.05, 4.69) is 0 Å². The van der Waals surface area contributed by atoms with Crippen LogP contribution in [0.1, 0.15) is 37.8 Å². The highest BCUT2D eigenvalue weighted by Gasteiger charge is 2.41. The number of benzene rings is 1. The zero-order valence-electron chi connectivity index (χ0n) is 11.6. The molecule has 0 radical (unpaired) electrons. The second-order valence-electron chi connectivity index (χ2n) is 5.67. The van der Waals surface area contributed by atoms with Crippen LogP contribution in [0.5, 0.6) is 0 Å². The summed E-state index contributed by atoms with van der Waals surface area (Å²) in [5.41, 5.74) is 1.34. The van der Waals surface area contributed by atoms with Gasteiger partial charge in [-0.3, -0.25) is 0 Å². The van der Waals surface area contributed by atoms with Crippen molar-refractivity contribution in [1.29, 1.82) is 0 Å². The van der Waals surface area contributed by atoms with Crippen molar-refractivity contribution in [3.8, 4) is 0 Å². The molecule has 0 aliphatic carbocycles. The van der Waals surface area contributed by atoms with Crippen LogP contribution in [0.15, 0.2) is 23.1 Å². The average molecular weight is 302 g/mol. The third-order valence-electron chi connectivity index (χ3n) is 3.93. The number of nitrogens with zero attached hydrogens (tertiary/aromatic N) is 1. The van der Waals surface area contributed by atoms with E-state index in [1.807, 2.05) is 26.8 Å². The van der Waals surface area contributed by atoms with Gasteiger partial charge in [0.1, 0.15) is 0 Å². The highest BCUT2D eigenvalue weighted by Crippen LogP contribution is 2.35. The first-order chi connectivity index (χ1) is 8.80. The van der Waals surface area contributed by atoms with Crippen LogP contribution in [-0.4, -0.2) is 24.8 Å². The van der Waals surface area contributed by atoms with Gasteiger partial charge < -0.3 is 0 Å². The minimum absolute atomic E-state index is 0.303. The molecule has 3 nitrogen and oxygen atoms in total. The van der Waals surface area contributed by atoms with E-state index in [-0.39, 0.29) is 5.54 Å².